The lowest BCUT2D eigenvalue weighted by atomic mass is 9.87. The highest BCUT2D eigenvalue weighted by molar-refractivity contribution is 5.78. The van der Waals surface area contributed by atoms with E-state index in [1.807, 2.05) is 6.20 Å². The van der Waals surface area contributed by atoms with Gasteiger partial charge in [0.1, 0.15) is 0 Å². The number of benzene rings is 1. The van der Waals surface area contributed by atoms with Gasteiger partial charge < -0.3 is 0 Å². The second-order valence-electron chi connectivity index (χ2n) is 6.67. The van der Waals surface area contributed by atoms with E-state index in [-0.39, 0.29) is 0 Å². The normalized spacial score (nSPS) is 11.4. The Morgan fingerprint density at radius 2 is 1.43 bits per heavy atom. The molecule has 0 aliphatic heterocycles. The summed E-state index contributed by atoms with van der Waals surface area (Å²) in [7, 11) is 0. The van der Waals surface area contributed by atoms with Crippen molar-refractivity contribution in [1.82, 2.24) is 9.97 Å². The highest BCUT2D eigenvalue weighted by Gasteiger charge is 2.15. The van der Waals surface area contributed by atoms with E-state index in [4.69, 9.17) is 0 Å². The maximum atomic E-state index is 4.63. The van der Waals surface area contributed by atoms with Gasteiger partial charge in [0.05, 0.1) is 11.0 Å². The summed E-state index contributed by atoms with van der Waals surface area (Å²) in [5.41, 5.74) is 3.58. The van der Waals surface area contributed by atoms with Crippen molar-refractivity contribution < 1.29 is 0 Å². The summed E-state index contributed by atoms with van der Waals surface area (Å²) in [6.45, 7) is 4.56. The Morgan fingerprint density at radius 1 is 0.783 bits per heavy atom. The van der Waals surface area contributed by atoms with Gasteiger partial charge in [-0.2, -0.15) is 0 Å². The Hall–Kier alpha value is -1.44. The van der Waals surface area contributed by atoms with E-state index in [0.29, 0.717) is 5.92 Å². The van der Waals surface area contributed by atoms with Crippen LogP contribution in [0.4, 0.5) is 0 Å². The van der Waals surface area contributed by atoms with Gasteiger partial charge in [-0.05, 0) is 30.4 Å². The summed E-state index contributed by atoms with van der Waals surface area (Å²) < 4.78 is 0. The van der Waals surface area contributed by atoms with Gasteiger partial charge in [0, 0.05) is 12.4 Å². The summed E-state index contributed by atoms with van der Waals surface area (Å²) >= 11 is 0. The Kier molecular flexibility index (Phi) is 8.06. The smallest absolute Gasteiger partial charge is 0.0921 e. The molecular weight excluding hydrogens is 280 g/mol. The van der Waals surface area contributed by atoms with E-state index in [1.165, 1.54) is 69.8 Å². The molecule has 0 N–H and O–H groups in total. The van der Waals surface area contributed by atoms with Crippen LogP contribution in [0.1, 0.15) is 89.5 Å². The van der Waals surface area contributed by atoms with Crippen molar-refractivity contribution in [2.45, 2.75) is 84.0 Å². The average Bonchev–Trinajstić information content (AvgIpc) is 2.60. The van der Waals surface area contributed by atoms with Gasteiger partial charge in [0.15, 0.2) is 0 Å². The van der Waals surface area contributed by atoms with Gasteiger partial charge in [-0.15, -0.1) is 0 Å². The van der Waals surface area contributed by atoms with Gasteiger partial charge in [-0.3, -0.25) is 9.97 Å². The highest BCUT2D eigenvalue weighted by atomic mass is 14.8. The first-order chi connectivity index (χ1) is 11.4. The predicted molar refractivity (Wildman–Crippen MR) is 99.8 cm³/mol. The summed E-state index contributed by atoms with van der Waals surface area (Å²) in [4.78, 5) is 9.11. The van der Waals surface area contributed by atoms with Crippen molar-refractivity contribution >= 4 is 11.0 Å². The summed E-state index contributed by atoms with van der Waals surface area (Å²) in [6, 6.07) is 6.51. The number of para-hydroxylation sites is 1. The molecule has 0 amide bonds. The Balaban J connectivity index is 2.09. The molecule has 1 aromatic carbocycles. The zero-order chi connectivity index (χ0) is 16.3. The lowest BCUT2D eigenvalue weighted by molar-refractivity contribution is 0.498. The minimum atomic E-state index is 0.643. The molecule has 2 heteroatoms. The molecular formula is C21H32N2. The topological polar surface area (TPSA) is 25.8 Å². The van der Waals surface area contributed by atoms with Gasteiger partial charge in [0.2, 0.25) is 0 Å². The lowest BCUT2D eigenvalue weighted by Gasteiger charge is -2.18. The fourth-order valence-corrected chi connectivity index (χ4v) is 3.43. The van der Waals surface area contributed by atoms with Gasteiger partial charge in [-0.25, -0.2) is 0 Å². The van der Waals surface area contributed by atoms with Crippen molar-refractivity contribution in [2.75, 3.05) is 0 Å². The number of unbranched alkanes of at least 4 members (excludes halogenated alkanes) is 6. The first-order valence-corrected chi connectivity index (χ1v) is 9.56. The maximum absolute atomic E-state index is 4.63. The zero-order valence-electron chi connectivity index (χ0n) is 14.9. The highest BCUT2D eigenvalue weighted by Crippen LogP contribution is 2.32. The molecule has 2 aromatic rings. The van der Waals surface area contributed by atoms with E-state index in [0.717, 1.165) is 11.0 Å². The molecule has 0 fully saturated rings. The monoisotopic (exact) mass is 312 g/mol. The van der Waals surface area contributed by atoms with Crippen LogP contribution in [0.5, 0.6) is 0 Å². The van der Waals surface area contributed by atoms with Crippen LogP contribution in [-0.4, -0.2) is 9.97 Å². The molecule has 0 saturated carbocycles. The summed E-state index contributed by atoms with van der Waals surface area (Å²) in [6.07, 6.45) is 16.9. The van der Waals surface area contributed by atoms with Crippen molar-refractivity contribution in [3.8, 4) is 0 Å². The number of hydrogen-bond acceptors (Lipinski definition) is 2. The number of nitrogens with zero attached hydrogens (tertiary/aromatic N) is 2. The molecule has 23 heavy (non-hydrogen) atoms. The molecule has 2 rings (SSSR count). The van der Waals surface area contributed by atoms with Crippen LogP contribution in [0.3, 0.4) is 0 Å². The lowest BCUT2D eigenvalue weighted by Crippen LogP contribution is -2.02. The van der Waals surface area contributed by atoms with Crippen molar-refractivity contribution in [1.29, 1.82) is 0 Å². The van der Waals surface area contributed by atoms with E-state index in [2.05, 4.69) is 42.0 Å². The van der Waals surface area contributed by atoms with E-state index in [1.54, 1.807) is 6.20 Å². The molecule has 0 aliphatic carbocycles. The third-order valence-electron chi connectivity index (χ3n) is 4.78. The van der Waals surface area contributed by atoms with Crippen molar-refractivity contribution in [3.63, 3.8) is 0 Å². The van der Waals surface area contributed by atoms with Crippen LogP contribution >= 0.6 is 0 Å². The maximum Gasteiger partial charge on any atom is 0.0921 e. The molecule has 0 spiro atoms. The van der Waals surface area contributed by atoms with Gasteiger partial charge >= 0.3 is 0 Å². The van der Waals surface area contributed by atoms with Gasteiger partial charge in [0.25, 0.3) is 0 Å². The molecule has 0 atom stereocenters. The summed E-state index contributed by atoms with van der Waals surface area (Å²) in [5.74, 6) is 0.643. The van der Waals surface area contributed by atoms with Crippen LogP contribution in [0, 0.1) is 0 Å². The van der Waals surface area contributed by atoms with Crippen LogP contribution in [0.2, 0.25) is 0 Å². The second kappa shape index (κ2) is 10.4. The quantitative estimate of drug-likeness (QED) is 0.434. The first-order valence-electron chi connectivity index (χ1n) is 9.56. The van der Waals surface area contributed by atoms with Crippen LogP contribution < -0.4 is 0 Å². The third kappa shape index (κ3) is 5.60. The predicted octanol–water partition coefficient (Wildman–Crippen LogP) is 6.65. The number of fused-ring (bicyclic) bond motifs is 1. The molecule has 1 heterocycles. The van der Waals surface area contributed by atoms with E-state index < -0.39 is 0 Å². The SMILES string of the molecule is CCCCCCC(CCCCCC)c1cccc2nccnc12. The number of rotatable bonds is 11. The van der Waals surface area contributed by atoms with Crippen molar-refractivity contribution in [3.05, 3.63) is 36.2 Å². The fraction of sp³-hybridized carbons (Fsp3) is 0.619. The van der Waals surface area contributed by atoms with Crippen LogP contribution in [0.25, 0.3) is 11.0 Å². The molecule has 0 bridgehead atoms. The molecule has 0 saturated heterocycles. The van der Waals surface area contributed by atoms with Crippen LogP contribution in [0.15, 0.2) is 30.6 Å². The Bertz CT molecular complexity index is 547. The molecule has 0 aliphatic rings. The van der Waals surface area contributed by atoms with Gasteiger partial charge in [-0.1, -0.05) is 77.3 Å². The van der Waals surface area contributed by atoms with E-state index in [9.17, 15) is 0 Å². The molecule has 126 valence electrons. The average molecular weight is 313 g/mol. The molecule has 2 nitrogen and oxygen atoms in total. The number of hydrogen-bond donors (Lipinski definition) is 0. The second-order valence-corrected chi connectivity index (χ2v) is 6.67. The van der Waals surface area contributed by atoms with E-state index >= 15 is 0 Å². The Labute approximate surface area is 141 Å². The molecule has 0 radical (unpaired) electrons. The minimum Gasteiger partial charge on any atom is -0.253 e. The Morgan fingerprint density at radius 3 is 2.09 bits per heavy atom. The fourth-order valence-electron chi connectivity index (χ4n) is 3.43. The summed E-state index contributed by atoms with van der Waals surface area (Å²) in [5, 5.41) is 0. The molecule has 1 aromatic heterocycles. The van der Waals surface area contributed by atoms with Crippen LogP contribution in [-0.2, 0) is 0 Å². The zero-order valence-corrected chi connectivity index (χ0v) is 14.9. The molecule has 0 unspecified atom stereocenters. The van der Waals surface area contributed by atoms with Crippen molar-refractivity contribution in [2.24, 2.45) is 0 Å². The minimum absolute atomic E-state index is 0.643. The first kappa shape index (κ1) is 17.9. The standard InChI is InChI=1S/C21H32N2/c1-3-5-7-9-12-18(13-10-8-6-4-2)19-14-11-15-20-21(19)23-17-16-22-20/h11,14-18H,3-10,12-13H2,1-2H3. The largest absolute Gasteiger partial charge is 0.253 e. The number of aromatic nitrogens is 2. The third-order valence-corrected chi connectivity index (χ3v) is 4.78.